The van der Waals surface area contributed by atoms with Gasteiger partial charge in [-0.25, -0.2) is 9.59 Å². The van der Waals surface area contributed by atoms with E-state index in [-0.39, 0.29) is 23.8 Å². The van der Waals surface area contributed by atoms with Crippen molar-refractivity contribution in [2.24, 2.45) is 0 Å². The maximum absolute atomic E-state index is 12.3. The number of hydrogen-bond acceptors (Lipinski definition) is 7. The fourth-order valence-corrected chi connectivity index (χ4v) is 2.68. The second kappa shape index (κ2) is 8.50. The zero-order valence-corrected chi connectivity index (χ0v) is 14.7. The van der Waals surface area contributed by atoms with Gasteiger partial charge in [0.1, 0.15) is 12.7 Å². The molecule has 3 rings (SSSR count). The molecule has 1 amide bonds. The van der Waals surface area contributed by atoms with Crippen LogP contribution in [-0.4, -0.2) is 37.7 Å². The summed E-state index contributed by atoms with van der Waals surface area (Å²) >= 11 is 0. The molecule has 1 N–H and O–H groups in total. The molecule has 1 unspecified atom stereocenters. The second-order valence-corrected chi connectivity index (χ2v) is 5.91. The lowest BCUT2D eigenvalue weighted by atomic mass is 10.2. The third-order valence-corrected chi connectivity index (χ3v) is 4.06. The lowest BCUT2D eigenvalue weighted by molar-refractivity contribution is -0.124. The summed E-state index contributed by atoms with van der Waals surface area (Å²) in [5.41, 5.74) is 1.14. The van der Waals surface area contributed by atoms with Crippen LogP contribution in [0.5, 0.6) is 0 Å². The molecule has 27 heavy (non-hydrogen) atoms. The first-order valence-corrected chi connectivity index (χ1v) is 8.43. The van der Waals surface area contributed by atoms with E-state index in [2.05, 4.69) is 10.1 Å². The third-order valence-electron chi connectivity index (χ3n) is 4.06. The number of rotatable bonds is 6. The van der Waals surface area contributed by atoms with Crippen molar-refractivity contribution in [3.8, 4) is 0 Å². The Bertz CT molecular complexity index is 836. The highest BCUT2D eigenvalue weighted by atomic mass is 16.5. The van der Waals surface area contributed by atoms with Gasteiger partial charge in [0.2, 0.25) is 5.76 Å². The van der Waals surface area contributed by atoms with Gasteiger partial charge in [0.15, 0.2) is 0 Å². The SMILES string of the molecule is COC(=O)c1occc1COC(=O)c1cccc(NC(=O)C2CCCO2)c1. The summed E-state index contributed by atoms with van der Waals surface area (Å²) in [6, 6.07) is 7.93. The predicted octanol–water partition coefficient (Wildman–Crippen LogP) is 2.54. The number of anilines is 1. The van der Waals surface area contributed by atoms with Crippen LogP contribution in [0.1, 0.15) is 39.3 Å². The third kappa shape index (κ3) is 4.53. The molecule has 1 saturated heterocycles. The average molecular weight is 373 g/mol. The fraction of sp³-hybridized carbons (Fsp3) is 0.316. The van der Waals surface area contributed by atoms with E-state index in [0.29, 0.717) is 24.3 Å². The van der Waals surface area contributed by atoms with Crippen LogP contribution in [0.2, 0.25) is 0 Å². The number of methoxy groups -OCH3 is 1. The first kappa shape index (κ1) is 18.7. The van der Waals surface area contributed by atoms with Gasteiger partial charge < -0.3 is 23.9 Å². The van der Waals surface area contributed by atoms with Crippen molar-refractivity contribution in [2.45, 2.75) is 25.6 Å². The number of amides is 1. The lowest BCUT2D eigenvalue weighted by Gasteiger charge is -2.11. The number of esters is 2. The minimum absolute atomic E-state index is 0.0112. The van der Waals surface area contributed by atoms with Gasteiger partial charge in [-0.05, 0) is 37.1 Å². The highest BCUT2D eigenvalue weighted by molar-refractivity contribution is 5.96. The van der Waals surface area contributed by atoms with E-state index in [1.165, 1.54) is 25.5 Å². The highest BCUT2D eigenvalue weighted by Gasteiger charge is 2.24. The Kier molecular flexibility index (Phi) is 5.87. The van der Waals surface area contributed by atoms with Crippen LogP contribution in [0.3, 0.4) is 0 Å². The van der Waals surface area contributed by atoms with Crippen LogP contribution in [0.15, 0.2) is 41.0 Å². The number of benzene rings is 1. The molecule has 0 bridgehead atoms. The van der Waals surface area contributed by atoms with Crippen molar-refractivity contribution in [2.75, 3.05) is 19.0 Å². The van der Waals surface area contributed by atoms with Gasteiger partial charge in [-0.2, -0.15) is 0 Å². The molecule has 8 nitrogen and oxygen atoms in total. The van der Waals surface area contributed by atoms with E-state index in [4.69, 9.17) is 13.9 Å². The van der Waals surface area contributed by atoms with Crippen molar-refractivity contribution < 1.29 is 33.0 Å². The predicted molar refractivity (Wildman–Crippen MR) is 93.2 cm³/mol. The van der Waals surface area contributed by atoms with Crippen LogP contribution in [0.4, 0.5) is 5.69 Å². The van der Waals surface area contributed by atoms with Crippen LogP contribution in [-0.2, 0) is 25.6 Å². The van der Waals surface area contributed by atoms with Crippen LogP contribution >= 0.6 is 0 Å². The Labute approximate surface area is 155 Å². The monoisotopic (exact) mass is 373 g/mol. The Morgan fingerprint density at radius 2 is 2.07 bits per heavy atom. The first-order valence-electron chi connectivity index (χ1n) is 8.43. The van der Waals surface area contributed by atoms with Gasteiger partial charge in [0.05, 0.1) is 18.9 Å². The lowest BCUT2D eigenvalue weighted by Crippen LogP contribution is -2.26. The number of carbonyl (C=O) groups excluding carboxylic acids is 3. The second-order valence-electron chi connectivity index (χ2n) is 5.91. The van der Waals surface area contributed by atoms with E-state index < -0.39 is 18.0 Å². The molecule has 0 saturated carbocycles. The molecule has 1 fully saturated rings. The number of furan rings is 1. The van der Waals surface area contributed by atoms with Gasteiger partial charge in [-0.1, -0.05) is 6.07 Å². The maximum Gasteiger partial charge on any atom is 0.374 e. The average Bonchev–Trinajstić information content (AvgIpc) is 3.37. The molecule has 1 aromatic carbocycles. The Morgan fingerprint density at radius 1 is 1.22 bits per heavy atom. The molecule has 2 aromatic rings. The fourth-order valence-electron chi connectivity index (χ4n) is 2.68. The summed E-state index contributed by atoms with van der Waals surface area (Å²) in [6.07, 6.45) is 2.39. The van der Waals surface area contributed by atoms with Crippen molar-refractivity contribution in [3.05, 3.63) is 53.5 Å². The summed E-state index contributed by atoms with van der Waals surface area (Å²) < 4.78 is 20.2. The van der Waals surface area contributed by atoms with Gasteiger partial charge >= 0.3 is 11.9 Å². The molecule has 1 aromatic heterocycles. The van der Waals surface area contributed by atoms with E-state index in [0.717, 1.165) is 6.42 Å². The summed E-state index contributed by atoms with van der Waals surface area (Å²) in [5, 5.41) is 2.73. The Hall–Kier alpha value is -3.13. The van der Waals surface area contributed by atoms with Crippen molar-refractivity contribution in [1.82, 2.24) is 0 Å². The quantitative estimate of drug-likeness (QED) is 0.776. The molecule has 2 heterocycles. The van der Waals surface area contributed by atoms with Gasteiger partial charge in [-0.3, -0.25) is 4.79 Å². The molecule has 142 valence electrons. The van der Waals surface area contributed by atoms with Crippen LogP contribution < -0.4 is 5.32 Å². The van der Waals surface area contributed by atoms with Crippen molar-refractivity contribution in [1.29, 1.82) is 0 Å². The van der Waals surface area contributed by atoms with Crippen LogP contribution in [0, 0.1) is 0 Å². The number of nitrogens with one attached hydrogen (secondary N) is 1. The minimum atomic E-state index is -0.648. The van der Waals surface area contributed by atoms with Crippen molar-refractivity contribution >= 4 is 23.5 Å². The normalized spacial score (nSPS) is 16.0. The molecular weight excluding hydrogens is 354 g/mol. The van der Waals surface area contributed by atoms with Gasteiger partial charge in [0, 0.05) is 17.9 Å². The summed E-state index contributed by atoms with van der Waals surface area (Å²) in [5.74, 6) is -1.49. The standard InChI is InChI=1S/C19H19NO7/c1-24-19(23)16-13(7-9-26-16)11-27-18(22)12-4-2-5-14(10-12)20-17(21)15-6-3-8-25-15/h2,4-5,7,9-10,15H,3,6,8,11H2,1H3,(H,20,21). The molecule has 1 atom stereocenters. The zero-order valence-electron chi connectivity index (χ0n) is 14.7. The van der Waals surface area contributed by atoms with E-state index in [1.807, 2.05) is 0 Å². The molecule has 0 aliphatic carbocycles. The van der Waals surface area contributed by atoms with E-state index >= 15 is 0 Å². The van der Waals surface area contributed by atoms with E-state index in [9.17, 15) is 14.4 Å². The minimum Gasteiger partial charge on any atom is -0.463 e. The van der Waals surface area contributed by atoms with Crippen LogP contribution in [0.25, 0.3) is 0 Å². The topological polar surface area (TPSA) is 104 Å². The maximum atomic E-state index is 12.3. The molecule has 8 heteroatoms. The zero-order chi connectivity index (χ0) is 19.2. The first-order chi connectivity index (χ1) is 13.1. The van der Waals surface area contributed by atoms with E-state index in [1.54, 1.807) is 18.2 Å². The molecular formula is C19H19NO7. The molecule has 0 radical (unpaired) electrons. The van der Waals surface area contributed by atoms with Gasteiger partial charge in [0.25, 0.3) is 5.91 Å². The Balaban J connectivity index is 1.61. The number of carbonyl (C=O) groups is 3. The summed E-state index contributed by atoms with van der Waals surface area (Å²) in [4.78, 5) is 35.9. The highest BCUT2D eigenvalue weighted by Crippen LogP contribution is 2.18. The van der Waals surface area contributed by atoms with Crippen molar-refractivity contribution in [3.63, 3.8) is 0 Å². The summed E-state index contributed by atoms with van der Waals surface area (Å²) in [6.45, 7) is 0.429. The number of hydrogen-bond donors (Lipinski definition) is 1. The smallest absolute Gasteiger partial charge is 0.374 e. The molecule has 1 aliphatic heterocycles. The summed E-state index contributed by atoms with van der Waals surface area (Å²) in [7, 11) is 1.23. The molecule has 0 spiro atoms. The van der Waals surface area contributed by atoms with Gasteiger partial charge in [-0.15, -0.1) is 0 Å². The Morgan fingerprint density at radius 3 is 2.81 bits per heavy atom. The molecule has 1 aliphatic rings. The largest absolute Gasteiger partial charge is 0.463 e. The number of ether oxygens (including phenoxy) is 3.